The summed E-state index contributed by atoms with van der Waals surface area (Å²) >= 11 is 0. The summed E-state index contributed by atoms with van der Waals surface area (Å²) in [4.78, 5) is 36.1. The van der Waals surface area contributed by atoms with E-state index >= 15 is 0 Å². The average molecular weight is 565 g/mol. The molecular weight excluding hydrogens is 516 g/mol. The van der Waals surface area contributed by atoms with Crippen molar-refractivity contribution in [2.24, 2.45) is 11.3 Å². The molecule has 0 radical (unpaired) electrons. The number of carbonyl (C=O) groups excluding carboxylic acids is 2. The van der Waals surface area contributed by atoms with Crippen molar-refractivity contribution in [3.63, 3.8) is 0 Å². The van der Waals surface area contributed by atoms with Gasteiger partial charge in [0, 0.05) is 62.2 Å². The van der Waals surface area contributed by atoms with Crippen molar-refractivity contribution in [2.45, 2.75) is 108 Å². The van der Waals surface area contributed by atoms with E-state index in [1.54, 1.807) is 0 Å². The Kier molecular flexibility index (Phi) is 6.44. The second-order valence-corrected chi connectivity index (χ2v) is 15.2. The van der Waals surface area contributed by atoms with Crippen LogP contribution in [0.4, 0.5) is 9.59 Å². The minimum atomic E-state index is -0.502. The number of nitrogens with zero attached hydrogens (tertiary/aromatic N) is 4. The molecule has 0 bridgehead atoms. The van der Waals surface area contributed by atoms with Crippen LogP contribution >= 0.6 is 0 Å². The summed E-state index contributed by atoms with van der Waals surface area (Å²) in [6, 6.07) is 12.5. The number of piperidine rings is 1. The van der Waals surface area contributed by atoms with Crippen LogP contribution in [0.2, 0.25) is 0 Å². The fourth-order valence-corrected chi connectivity index (χ4v) is 9.75. The molecule has 8 nitrogen and oxygen atoms in total. The zero-order valence-electron chi connectivity index (χ0n) is 25.6. The van der Waals surface area contributed by atoms with E-state index < -0.39 is 5.60 Å². The van der Waals surface area contributed by atoms with Gasteiger partial charge in [0.1, 0.15) is 5.60 Å². The van der Waals surface area contributed by atoms with E-state index in [1.165, 1.54) is 18.4 Å². The molecule has 4 aliphatic heterocycles. The Morgan fingerprint density at radius 1 is 1.12 bits per heavy atom. The lowest BCUT2D eigenvalue weighted by Crippen LogP contribution is -2.75. The number of hydrogen-bond donors (Lipinski definition) is 0. The molecule has 4 heterocycles. The molecule has 0 N–H and O–H groups in total. The molecule has 6 fully saturated rings. The lowest BCUT2D eigenvalue weighted by Gasteiger charge is -2.69. The van der Waals surface area contributed by atoms with Gasteiger partial charge in [0.25, 0.3) is 0 Å². The highest BCUT2D eigenvalue weighted by atomic mass is 16.6. The largest absolute Gasteiger partial charge is 0.444 e. The van der Waals surface area contributed by atoms with Crippen LogP contribution in [0.15, 0.2) is 30.3 Å². The maximum atomic E-state index is 13.8. The predicted octanol–water partition coefficient (Wildman–Crippen LogP) is 4.94. The fourth-order valence-electron chi connectivity index (χ4n) is 9.75. The average Bonchev–Trinajstić information content (AvgIpc) is 3.67. The number of rotatable bonds is 5. The third-order valence-electron chi connectivity index (χ3n) is 11.3. The van der Waals surface area contributed by atoms with E-state index in [0.717, 1.165) is 45.5 Å². The van der Waals surface area contributed by atoms with Crippen molar-refractivity contribution in [1.29, 1.82) is 0 Å². The second kappa shape index (κ2) is 9.60. The van der Waals surface area contributed by atoms with Gasteiger partial charge in [-0.05, 0) is 78.2 Å². The number of hydrogen-bond acceptors (Lipinski definition) is 5. The summed E-state index contributed by atoms with van der Waals surface area (Å²) in [5, 5.41) is 0. The molecule has 1 aromatic carbocycles. The van der Waals surface area contributed by atoms with E-state index in [-0.39, 0.29) is 29.7 Å². The zero-order valence-corrected chi connectivity index (χ0v) is 25.6. The van der Waals surface area contributed by atoms with Gasteiger partial charge in [0.2, 0.25) is 0 Å². The maximum Gasteiger partial charge on any atom is 0.410 e. The van der Waals surface area contributed by atoms with Gasteiger partial charge >= 0.3 is 12.1 Å². The lowest BCUT2D eigenvalue weighted by atomic mass is 9.53. The zero-order chi connectivity index (χ0) is 28.7. The highest BCUT2D eigenvalue weighted by Crippen LogP contribution is 2.69. The third kappa shape index (κ3) is 4.30. The summed E-state index contributed by atoms with van der Waals surface area (Å²) in [5.74, 6) is 0.658. The van der Waals surface area contributed by atoms with Crippen LogP contribution in [0.25, 0.3) is 0 Å². The minimum Gasteiger partial charge on any atom is -0.444 e. The molecule has 2 spiro atoms. The summed E-state index contributed by atoms with van der Waals surface area (Å²) in [6.45, 7) is 14.9. The maximum absolute atomic E-state index is 13.8. The smallest absolute Gasteiger partial charge is 0.410 e. The van der Waals surface area contributed by atoms with Gasteiger partial charge in [-0.2, -0.15) is 0 Å². The highest BCUT2D eigenvalue weighted by molar-refractivity contribution is 5.79. The molecule has 5 unspecified atom stereocenters. The molecule has 6 aliphatic rings. The van der Waals surface area contributed by atoms with Gasteiger partial charge in [-0.1, -0.05) is 30.3 Å². The molecule has 41 heavy (non-hydrogen) atoms. The molecule has 224 valence electrons. The molecule has 2 saturated carbocycles. The number of ether oxygens (including phenoxy) is 2. The Hall–Kier alpha value is -2.32. The second-order valence-electron chi connectivity index (χ2n) is 15.2. The van der Waals surface area contributed by atoms with Crippen LogP contribution < -0.4 is 0 Å². The Balaban J connectivity index is 1.12. The van der Waals surface area contributed by atoms with Crippen LogP contribution in [-0.4, -0.2) is 106 Å². The number of urea groups is 1. The van der Waals surface area contributed by atoms with E-state index in [0.29, 0.717) is 42.5 Å². The fraction of sp³-hybridized carbons (Fsp3) is 0.758. The van der Waals surface area contributed by atoms with Crippen LogP contribution in [0.5, 0.6) is 0 Å². The molecule has 8 heteroatoms. The van der Waals surface area contributed by atoms with Crippen LogP contribution in [0, 0.1) is 11.3 Å². The van der Waals surface area contributed by atoms with Gasteiger partial charge in [0.05, 0.1) is 18.2 Å². The molecule has 7 atom stereocenters. The van der Waals surface area contributed by atoms with Crippen LogP contribution in [-0.2, 0) is 9.47 Å². The van der Waals surface area contributed by atoms with Crippen molar-refractivity contribution in [3.05, 3.63) is 35.9 Å². The first-order chi connectivity index (χ1) is 19.5. The Morgan fingerprint density at radius 3 is 2.54 bits per heavy atom. The first-order valence-electron chi connectivity index (χ1n) is 16.0. The predicted molar refractivity (Wildman–Crippen MR) is 157 cm³/mol. The highest BCUT2D eigenvalue weighted by Gasteiger charge is 2.75. The number of benzene rings is 1. The van der Waals surface area contributed by atoms with Crippen LogP contribution in [0.3, 0.4) is 0 Å². The molecule has 4 saturated heterocycles. The van der Waals surface area contributed by atoms with Gasteiger partial charge in [0.15, 0.2) is 0 Å². The first kappa shape index (κ1) is 27.5. The Labute approximate surface area is 245 Å². The third-order valence-corrected chi connectivity index (χ3v) is 11.3. The van der Waals surface area contributed by atoms with Gasteiger partial charge in [-0.25, -0.2) is 9.59 Å². The molecule has 7 rings (SSSR count). The minimum absolute atomic E-state index is 0.0804. The lowest BCUT2D eigenvalue weighted by molar-refractivity contribution is -0.193. The summed E-state index contributed by atoms with van der Waals surface area (Å²) in [6.07, 6.45) is 5.49. The van der Waals surface area contributed by atoms with Crippen molar-refractivity contribution in [2.75, 3.05) is 39.4 Å². The molecule has 2 aliphatic carbocycles. The van der Waals surface area contributed by atoms with Crippen molar-refractivity contribution >= 4 is 12.1 Å². The van der Waals surface area contributed by atoms with Gasteiger partial charge in [-0.15, -0.1) is 0 Å². The Morgan fingerprint density at radius 2 is 1.90 bits per heavy atom. The van der Waals surface area contributed by atoms with Gasteiger partial charge < -0.3 is 24.2 Å². The summed E-state index contributed by atoms with van der Waals surface area (Å²) < 4.78 is 11.5. The van der Waals surface area contributed by atoms with E-state index in [1.807, 2.05) is 25.7 Å². The Bertz CT molecular complexity index is 1180. The number of likely N-dealkylation sites (tertiary alicyclic amines) is 2. The molecular formula is C33H48N4O4. The van der Waals surface area contributed by atoms with Crippen molar-refractivity contribution in [3.8, 4) is 0 Å². The first-order valence-corrected chi connectivity index (χ1v) is 16.0. The molecule has 1 aromatic rings. The SMILES string of the molecule is CC(C)N1C(=O)N(C2CCOC2)CC12CC1N(C[C@H]3CN(C(=O)OC(C)(C)C)C[C@@H]3c3ccccc3)C3CCC31C2. The monoisotopic (exact) mass is 564 g/mol. The standard InChI is InChI=1S/C33H48N4O4/c1-22(2)37-29(38)36(25-12-14-40-19-25)21-32(37)15-28-33(20-32)13-11-27(33)35(28)17-24-16-34(30(39)41-31(3,4)5)18-26(24)23-9-7-6-8-10-23/h6-10,22,24-28H,11-21H2,1-5H3/t24-,25?,26-,27?,28?,32?,33?/m1/s1. The quantitative estimate of drug-likeness (QED) is 0.507. The number of amides is 3. The van der Waals surface area contributed by atoms with E-state index in [4.69, 9.17) is 9.47 Å². The van der Waals surface area contributed by atoms with Crippen LogP contribution in [0.1, 0.15) is 78.2 Å². The molecule has 3 amide bonds. The molecule has 0 aromatic heterocycles. The topological polar surface area (TPSA) is 65.6 Å². The normalized spacial score (nSPS) is 38.4. The van der Waals surface area contributed by atoms with Crippen molar-refractivity contribution < 1.29 is 19.1 Å². The summed E-state index contributed by atoms with van der Waals surface area (Å²) in [5.41, 5.74) is 1.08. The van der Waals surface area contributed by atoms with E-state index in [2.05, 4.69) is 58.9 Å². The van der Waals surface area contributed by atoms with E-state index in [9.17, 15) is 9.59 Å². The number of carbonyl (C=O) groups is 2. The summed E-state index contributed by atoms with van der Waals surface area (Å²) in [7, 11) is 0. The van der Waals surface area contributed by atoms with Gasteiger partial charge in [-0.3, -0.25) is 4.90 Å². The van der Waals surface area contributed by atoms with Crippen molar-refractivity contribution in [1.82, 2.24) is 19.6 Å².